The maximum atomic E-state index is 10.7. The van der Waals surface area contributed by atoms with E-state index in [4.69, 9.17) is 0 Å². The van der Waals surface area contributed by atoms with E-state index in [1.165, 1.54) is 11.8 Å². The highest BCUT2D eigenvalue weighted by molar-refractivity contribution is 7.92. The molecule has 0 saturated carbocycles. The van der Waals surface area contributed by atoms with Crippen molar-refractivity contribution in [2.24, 2.45) is 5.41 Å². The zero-order valence-electron chi connectivity index (χ0n) is 11.4. The molecule has 0 amide bonds. The second-order valence-electron chi connectivity index (χ2n) is 5.91. The Balaban J connectivity index is 0. The molecule has 0 aliphatic heterocycles. The Morgan fingerprint density at radius 1 is 1.00 bits per heavy atom. The van der Waals surface area contributed by atoms with Crippen molar-refractivity contribution in [3.05, 3.63) is 12.2 Å². The van der Waals surface area contributed by atoms with Crippen molar-refractivity contribution in [2.75, 3.05) is 6.26 Å². The zero-order valence-corrected chi connectivity index (χ0v) is 12.2. The summed E-state index contributed by atoms with van der Waals surface area (Å²) in [6.07, 6.45) is 1.24. The van der Waals surface area contributed by atoms with Crippen LogP contribution in [0.15, 0.2) is 12.2 Å². The first-order valence-electron chi connectivity index (χ1n) is 5.05. The van der Waals surface area contributed by atoms with Crippen molar-refractivity contribution >= 4 is 9.84 Å². The highest BCUT2D eigenvalue weighted by Crippen LogP contribution is 2.21. The average Bonchev–Trinajstić information content (AvgIpc) is 1.80. The summed E-state index contributed by atoms with van der Waals surface area (Å²) in [7, 11) is -2.84. The first kappa shape index (κ1) is 17.1. The fraction of sp³-hybridized carbons (Fsp3) is 0.833. The zero-order chi connectivity index (χ0) is 13.1. The molecule has 92 valence electrons. The highest BCUT2D eigenvalue weighted by Gasteiger charge is 2.22. The molecule has 0 aromatic carbocycles. The van der Waals surface area contributed by atoms with E-state index in [0.717, 1.165) is 0 Å². The van der Waals surface area contributed by atoms with Crippen molar-refractivity contribution in [2.45, 2.75) is 53.2 Å². The molecule has 0 aliphatic carbocycles. The van der Waals surface area contributed by atoms with Crippen LogP contribution in [0.3, 0.4) is 0 Å². The molecule has 0 spiro atoms. The van der Waals surface area contributed by atoms with E-state index in [1.54, 1.807) is 20.8 Å². The molecule has 2 nitrogen and oxygen atoms in total. The number of hydrogen-bond donors (Lipinski definition) is 0. The van der Waals surface area contributed by atoms with Crippen LogP contribution in [0.5, 0.6) is 0 Å². The third-order valence-corrected chi connectivity index (χ3v) is 4.62. The van der Waals surface area contributed by atoms with Gasteiger partial charge in [-0.1, -0.05) is 32.9 Å². The minimum Gasteiger partial charge on any atom is -0.229 e. The Morgan fingerprint density at radius 2 is 1.13 bits per heavy atom. The summed E-state index contributed by atoms with van der Waals surface area (Å²) in [4.78, 5) is 0. The van der Waals surface area contributed by atoms with Gasteiger partial charge in [-0.3, -0.25) is 0 Å². The van der Waals surface area contributed by atoms with Crippen LogP contribution in [0.2, 0.25) is 0 Å². The van der Waals surface area contributed by atoms with Gasteiger partial charge in [-0.05, 0) is 33.1 Å². The van der Waals surface area contributed by atoms with Crippen molar-refractivity contribution < 1.29 is 8.42 Å². The smallest absolute Gasteiger partial charge is 0.152 e. The first-order valence-corrected chi connectivity index (χ1v) is 6.94. The fourth-order valence-electron chi connectivity index (χ4n) is 0. The molecule has 0 N–H and O–H groups in total. The summed E-state index contributed by atoms with van der Waals surface area (Å²) < 4.78 is 20.7. The van der Waals surface area contributed by atoms with Gasteiger partial charge in [0.15, 0.2) is 9.84 Å². The molecule has 0 rings (SSSR count). The molecular formula is C12H26O2S. The van der Waals surface area contributed by atoms with Gasteiger partial charge in [0.1, 0.15) is 0 Å². The van der Waals surface area contributed by atoms with E-state index in [1.807, 2.05) is 0 Å². The first-order chi connectivity index (χ1) is 6.19. The standard InChI is InChI=1S/C7H14.C5H12O2S/c1-6(2)7(3,4)5;1-5(2,3)8(4,6)7/h1H2,2-5H3;1-4H3. The molecular weight excluding hydrogens is 208 g/mol. The molecule has 0 aromatic heterocycles. The quantitative estimate of drug-likeness (QED) is 0.602. The average molecular weight is 234 g/mol. The predicted molar refractivity (Wildman–Crippen MR) is 68.9 cm³/mol. The van der Waals surface area contributed by atoms with Crippen LogP contribution >= 0.6 is 0 Å². The Kier molecular flexibility index (Phi) is 5.87. The molecule has 0 atom stereocenters. The van der Waals surface area contributed by atoms with Gasteiger partial charge in [-0.15, -0.1) is 0 Å². The summed E-state index contributed by atoms with van der Waals surface area (Å²) in [5.41, 5.74) is 1.55. The topological polar surface area (TPSA) is 34.1 Å². The molecule has 3 heteroatoms. The van der Waals surface area contributed by atoms with Crippen LogP contribution in [0.4, 0.5) is 0 Å². The number of allylic oxidation sites excluding steroid dienone is 1. The lowest BCUT2D eigenvalue weighted by molar-refractivity contribution is 0.506. The lowest BCUT2D eigenvalue weighted by Crippen LogP contribution is -2.26. The van der Waals surface area contributed by atoms with Crippen LogP contribution in [0.1, 0.15) is 48.5 Å². The largest absolute Gasteiger partial charge is 0.229 e. The predicted octanol–water partition coefficient (Wildman–Crippen LogP) is 3.44. The molecule has 0 fully saturated rings. The third-order valence-electron chi connectivity index (χ3n) is 2.39. The van der Waals surface area contributed by atoms with E-state index in [-0.39, 0.29) is 0 Å². The van der Waals surface area contributed by atoms with E-state index in [9.17, 15) is 8.42 Å². The monoisotopic (exact) mass is 234 g/mol. The number of hydrogen-bond acceptors (Lipinski definition) is 2. The summed E-state index contributed by atoms with van der Waals surface area (Å²) >= 11 is 0. The molecule has 0 heterocycles. The minimum absolute atomic E-state index is 0.306. The fourth-order valence-corrected chi connectivity index (χ4v) is 0. The van der Waals surface area contributed by atoms with E-state index >= 15 is 0 Å². The molecule has 0 saturated heterocycles. The van der Waals surface area contributed by atoms with Gasteiger partial charge in [0.25, 0.3) is 0 Å². The summed E-state index contributed by atoms with van der Waals surface area (Å²) in [6.45, 7) is 17.4. The molecule has 15 heavy (non-hydrogen) atoms. The summed E-state index contributed by atoms with van der Waals surface area (Å²) in [5.74, 6) is 0. The second kappa shape index (κ2) is 5.15. The van der Waals surface area contributed by atoms with Gasteiger partial charge >= 0.3 is 0 Å². The normalized spacial score (nSPS) is 12.8. The van der Waals surface area contributed by atoms with E-state index in [0.29, 0.717) is 5.41 Å². The van der Waals surface area contributed by atoms with Gasteiger partial charge in [-0.25, -0.2) is 8.42 Å². The van der Waals surface area contributed by atoms with Gasteiger partial charge in [0, 0.05) is 6.26 Å². The van der Waals surface area contributed by atoms with Crippen molar-refractivity contribution in [1.82, 2.24) is 0 Å². The number of rotatable bonds is 0. The lowest BCUT2D eigenvalue weighted by Gasteiger charge is -2.16. The summed E-state index contributed by atoms with van der Waals surface area (Å²) in [5, 5.41) is 0. The van der Waals surface area contributed by atoms with Crippen LogP contribution in [0.25, 0.3) is 0 Å². The molecule has 0 aliphatic rings. The van der Waals surface area contributed by atoms with Gasteiger partial charge < -0.3 is 0 Å². The Morgan fingerprint density at radius 3 is 1.13 bits per heavy atom. The maximum absolute atomic E-state index is 10.7. The molecule has 0 bridgehead atoms. The molecule has 0 unspecified atom stereocenters. The lowest BCUT2D eigenvalue weighted by atomic mass is 9.89. The number of sulfone groups is 1. The Labute approximate surface area is 95.7 Å². The highest BCUT2D eigenvalue weighted by atomic mass is 32.2. The van der Waals surface area contributed by atoms with E-state index in [2.05, 4.69) is 34.3 Å². The van der Waals surface area contributed by atoms with Crippen LogP contribution in [-0.2, 0) is 9.84 Å². The SMILES string of the molecule is C=C(C)C(C)(C)C.CC(C)(C)S(C)(=O)=O. The third kappa shape index (κ3) is 8.67. The summed E-state index contributed by atoms with van der Waals surface area (Å²) in [6, 6.07) is 0. The molecule has 0 radical (unpaired) electrons. The van der Waals surface area contributed by atoms with E-state index < -0.39 is 14.6 Å². The van der Waals surface area contributed by atoms with Gasteiger partial charge in [-0.2, -0.15) is 0 Å². The molecule has 0 aromatic rings. The Bertz CT molecular complexity index is 297. The van der Waals surface area contributed by atoms with Crippen molar-refractivity contribution in [3.63, 3.8) is 0 Å². The van der Waals surface area contributed by atoms with Crippen molar-refractivity contribution in [1.29, 1.82) is 0 Å². The minimum atomic E-state index is -2.84. The van der Waals surface area contributed by atoms with Gasteiger partial charge in [0.2, 0.25) is 0 Å². The van der Waals surface area contributed by atoms with Crippen molar-refractivity contribution in [3.8, 4) is 0 Å². The van der Waals surface area contributed by atoms with Gasteiger partial charge in [0.05, 0.1) is 4.75 Å². The van der Waals surface area contributed by atoms with Crippen LogP contribution < -0.4 is 0 Å². The van der Waals surface area contributed by atoms with Crippen LogP contribution in [-0.4, -0.2) is 19.4 Å². The second-order valence-corrected chi connectivity index (χ2v) is 8.68. The Hall–Kier alpha value is -0.310. The maximum Gasteiger partial charge on any atom is 0.152 e. The van der Waals surface area contributed by atoms with Crippen LogP contribution in [0, 0.1) is 5.41 Å².